The monoisotopic (exact) mass is 538 g/mol. The Morgan fingerprint density at radius 1 is 0.919 bits per heavy atom. The van der Waals surface area contributed by atoms with Gasteiger partial charge in [0.05, 0.1) is 42.7 Å². The molecule has 0 atom stereocenters. The molecule has 0 aliphatic heterocycles. The third kappa shape index (κ3) is 6.45. The molecule has 0 unspecified atom stereocenters. The van der Waals surface area contributed by atoms with Crippen LogP contribution in [0.2, 0.25) is 0 Å². The van der Waals surface area contributed by atoms with Crippen molar-refractivity contribution in [3.8, 4) is 17.2 Å². The maximum Gasteiger partial charge on any atom is 0.416 e. The molecule has 0 spiro atoms. The lowest BCUT2D eigenvalue weighted by molar-refractivity contribution is -0.137. The summed E-state index contributed by atoms with van der Waals surface area (Å²) in [4.78, 5) is 12.7. The minimum atomic E-state index is -4.73. The van der Waals surface area contributed by atoms with Gasteiger partial charge in [0.1, 0.15) is 12.3 Å². The van der Waals surface area contributed by atoms with Gasteiger partial charge in [-0.3, -0.25) is 9.10 Å². The number of sulfonamides is 1. The van der Waals surface area contributed by atoms with Gasteiger partial charge in [0.15, 0.2) is 11.5 Å². The van der Waals surface area contributed by atoms with E-state index >= 15 is 0 Å². The number of rotatable bonds is 10. The second kappa shape index (κ2) is 11.4. The summed E-state index contributed by atoms with van der Waals surface area (Å²) < 4.78 is 83.9. The molecule has 37 heavy (non-hydrogen) atoms. The lowest BCUT2D eigenvalue weighted by Gasteiger charge is -2.25. The van der Waals surface area contributed by atoms with Crippen LogP contribution >= 0.6 is 0 Å². The number of benzene rings is 3. The van der Waals surface area contributed by atoms with E-state index in [1.807, 2.05) is 0 Å². The molecular weight excluding hydrogens is 513 g/mol. The van der Waals surface area contributed by atoms with E-state index < -0.39 is 34.2 Å². The Morgan fingerprint density at radius 3 is 2.27 bits per heavy atom. The highest BCUT2D eigenvalue weighted by molar-refractivity contribution is 7.92. The van der Waals surface area contributed by atoms with Gasteiger partial charge in [0.2, 0.25) is 5.91 Å². The number of halogens is 3. The zero-order chi connectivity index (χ0) is 27.2. The second-order valence-corrected chi connectivity index (χ2v) is 9.42. The van der Waals surface area contributed by atoms with Crippen molar-refractivity contribution in [1.29, 1.82) is 0 Å². The molecule has 0 heterocycles. The number of amides is 1. The number of para-hydroxylation sites is 2. The van der Waals surface area contributed by atoms with Crippen molar-refractivity contribution in [2.45, 2.75) is 18.0 Å². The average molecular weight is 539 g/mol. The maximum atomic E-state index is 13.7. The SMILES string of the molecule is CCOc1ccccc1NC(=O)CN(c1cccc(C(F)(F)F)c1)S(=O)(=O)c1ccc(OC)c(OC)c1. The molecule has 0 saturated heterocycles. The molecule has 3 aromatic rings. The van der Waals surface area contributed by atoms with Gasteiger partial charge in [-0.15, -0.1) is 0 Å². The zero-order valence-electron chi connectivity index (χ0n) is 20.2. The van der Waals surface area contributed by atoms with Gasteiger partial charge in [0, 0.05) is 6.07 Å². The first-order chi connectivity index (χ1) is 17.5. The number of carbonyl (C=O) groups is 1. The predicted molar refractivity (Wildman–Crippen MR) is 132 cm³/mol. The van der Waals surface area contributed by atoms with E-state index in [4.69, 9.17) is 14.2 Å². The molecule has 8 nitrogen and oxygen atoms in total. The lowest BCUT2D eigenvalue weighted by Crippen LogP contribution is -2.38. The summed E-state index contributed by atoms with van der Waals surface area (Å²) >= 11 is 0. The molecule has 1 amide bonds. The molecule has 3 aromatic carbocycles. The van der Waals surface area contributed by atoms with Gasteiger partial charge in [-0.1, -0.05) is 18.2 Å². The number of methoxy groups -OCH3 is 2. The Kier molecular flexibility index (Phi) is 8.53. The van der Waals surface area contributed by atoms with Gasteiger partial charge in [0.25, 0.3) is 10.0 Å². The summed E-state index contributed by atoms with van der Waals surface area (Å²) in [6.07, 6.45) is -4.73. The normalized spacial score (nSPS) is 11.5. The molecular formula is C25H25F3N2O6S. The fourth-order valence-electron chi connectivity index (χ4n) is 3.43. The van der Waals surface area contributed by atoms with Crippen LogP contribution in [0.15, 0.2) is 71.6 Å². The van der Waals surface area contributed by atoms with Crippen LogP contribution in [0.3, 0.4) is 0 Å². The van der Waals surface area contributed by atoms with Crippen molar-refractivity contribution < 1.29 is 40.6 Å². The summed E-state index contributed by atoms with van der Waals surface area (Å²) in [5, 5.41) is 2.57. The molecule has 0 aromatic heterocycles. The molecule has 198 valence electrons. The number of ether oxygens (including phenoxy) is 3. The van der Waals surface area contributed by atoms with Crippen molar-refractivity contribution >= 4 is 27.3 Å². The Morgan fingerprint density at radius 2 is 1.62 bits per heavy atom. The second-order valence-electron chi connectivity index (χ2n) is 7.55. The molecule has 0 fully saturated rings. The molecule has 0 aliphatic rings. The van der Waals surface area contributed by atoms with Gasteiger partial charge < -0.3 is 19.5 Å². The average Bonchev–Trinajstić information content (AvgIpc) is 2.87. The Labute approximate surface area is 212 Å². The van der Waals surface area contributed by atoms with E-state index in [9.17, 15) is 26.4 Å². The van der Waals surface area contributed by atoms with Crippen LogP contribution in [0.4, 0.5) is 24.5 Å². The summed E-state index contributed by atoms with van der Waals surface area (Å²) in [6.45, 7) is 1.25. The van der Waals surface area contributed by atoms with E-state index in [0.717, 1.165) is 18.2 Å². The minimum absolute atomic E-state index is 0.0858. The Bertz CT molecular complexity index is 1360. The van der Waals surface area contributed by atoms with Crippen LogP contribution in [-0.4, -0.2) is 41.7 Å². The van der Waals surface area contributed by atoms with E-state index in [2.05, 4.69) is 5.32 Å². The molecule has 0 saturated carbocycles. The maximum absolute atomic E-state index is 13.7. The van der Waals surface area contributed by atoms with Gasteiger partial charge in [-0.25, -0.2) is 8.42 Å². The number of hydrogen-bond donors (Lipinski definition) is 1. The lowest BCUT2D eigenvalue weighted by atomic mass is 10.2. The van der Waals surface area contributed by atoms with Crippen molar-refractivity contribution in [2.75, 3.05) is 37.0 Å². The van der Waals surface area contributed by atoms with E-state index in [1.54, 1.807) is 31.2 Å². The zero-order valence-corrected chi connectivity index (χ0v) is 21.0. The summed E-state index contributed by atoms with van der Waals surface area (Å²) in [5.74, 6) is -0.111. The molecule has 3 rings (SSSR count). The van der Waals surface area contributed by atoms with Crippen molar-refractivity contribution in [2.24, 2.45) is 0 Å². The fraction of sp³-hybridized carbons (Fsp3) is 0.240. The van der Waals surface area contributed by atoms with Crippen molar-refractivity contribution in [3.05, 3.63) is 72.3 Å². The molecule has 12 heteroatoms. The minimum Gasteiger partial charge on any atom is -0.493 e. The number of nitrogens with zero attached hydrogens (tertiary/aromatic N) is 1. The number of hydrogen-bond acceptors (Lipinski definition) is 6. The van der Waals surface area contributed by atoms with Crippen LogP contribution in [0.5, 0.6) is 17.2 Å². The van der Waals surface area contributed by atoms with Crippen LogP contribution in [0.25, 0.3) is 0 Å². The third-order valence-corrected chi connectivity index (χ3v) is 6.92. The van der Waals surface area contributed by atoms with Gasteiger partial charge in [-0.05, 0) is 49.4 Å². The summed E-state index contributed by atoms with van der Waals surface area (Å²) in [5.41, 5.74) is -1.14. The highest BCUT2D eigenvalue weighted by Gasteiger charge is 2.33. The van der Waals surface area contributed by atoms with E-state index in [-0.39, 0.29) is 27.8 Å². The third-order valence-electron chi connectivity index (χ3n) is 5.15. The van der Waals surface area contributed by atoms with Crippen LogP contribution < -0.4 is 23.8 Å². The Hall–Kier alpha value is -3.93. The summed E-state index contributed by atoms with van der Waals surface area (Å²) in [7, 11) is -1.87. The molecule has 0 aliphatic carbocycles. The van der Waals surface area contributed by atoms with Crippen molar-refractivity contribution in [3.63, 3.8) is 0 Å². The number of alkyl halides is 3. The topological polar surface area (TPSA) is 94.2 Å². The first kappa shape index (κ1) is 27.7. The number of carbonyl (C=O) groups excluding carboxylic acids is 1. The molecule has 0 bridgehead atoms. The Balaban J connectivity index is 2.06. The van der Waals surface area contributed by atoms with Gasteiger partial charge >= 0.3 is 6.18 Å². The van der Waals surface area contributed by atoms with Gasteiger partial charge in [-0.2, -0.15) is 13.2 Å². The van der Waals surface area contributed by atoms with Crippen LogP contribution in [0, 0.1) is 0 Å². The first-order valence-electron chi connectivity index (χ1n) is 10.9. The van der Waals surface area contributed by atoms with Crippen LogP contribution in [-0.2, 0) is 21.0 Å². The largest absolute Gasteiger partial charge is 0.493 e. The smallest absolute Gasteiger partial charge is 0.416 e. The predicted octanol–water partition coefficient (Wildman–Crippen LogP) is 4.96. The first-order valence-corrected chi connectivity index (χ1v) is 12.4. The molecule has 0 radical (unpaired) electrons. The van der Waals surface area contributed by atoms with E-state index in [0.29, 0.717) is 22.7 Å². The number of nitrogens with one attached hydrogen (secondary N) is 1. The standard InChI is InChI=1S/C25H25F3N2O6S/c1-4-36-21-11-6-5-10-20(21)29-24(31)16-30(18-9-7-8-17(14-18)25(26,27)28)37(32,33)19-12-13-22(34-2)23(15-19)35-3/h5-15H,4,16H2,1-3H3,(H,29,31). The van der Waals surface area contributed by atoms with E-state index in [1.165, 1.54) is 32.4 Å². The molecule has 1 N–H and O–H groups in total. The summed E-state index contributed by atoms with van der Waals surface area (Å²) in [6, 6.07) is 13.9. The fourth-order valence-corrected chi connectivity index (χ4v) is 4.86. The van der Waals surface area contributed by atoms with Crippen LogP contribution in [0.1, 0.15) is 12.5 Å². The quantitative estimate of drug-likeness (QED) is 0.392. The van der Waals surface area contributed by atoms with Crippen molar-refractivity contribution in [1.82, 2.24) is 0 Å². The highest BCUT2D eigenvalue weighted by Crippen LogP contribution is 2.35. The number of anilines is 2. The highest BCUT2D eigenvalue weighted by atomic mass is 32.2.